The minimum absolute atomic E-state index is 0.467. The highest BCUT2D eigenvalue weighted by Crippen LogP contribution is 2.23. The molecule has 1 aromatic rings. The molecule has 1 heterocycles. The molecule has 0 aliphatic carbocycles. The minimum atomic E-state index is -0.794. The Hall–Kier alpha value is -1.22. The van der Waals surface area contributed by atoms with E-state index in [0.717, 1.165) is 17.9 Å². The molecule has 0 saturated carbocycles. The van der Waals surface area contributed by atoms with E-state index in [1.54, 1.807) is 30.0 Å². The summed E-state index contributed by atoms with van der Waals surface area (Å²) >= 11 is 7.78. The monoisotopic (exact) mass is 296 g/mol. The number of benzene rings is 1. The van der Waals surface area contributed by atoms with Crippen LogP contribution in [0.25, 0.3) is 0 Å². The van der Waals surface area contributed by atoms with Crippen LogP contribution in [0.4, 0.5) is 0 Å². The summed E-state index contributed by atoms with van der Waals surface area (Å²) in [5, 5.41) is 18.5. The number of aliphatic carboxylic acids is 1. The normalized spacial score (nSPS) is 19.9. The van der Waals surface area contributed by atoms with E-state index in [1.807, 2.05) is 11.0 Å². The number of carboxylic acids is 1. The van der Waals surface area contributed by atoms with Gasteiger partial charge in [-0.3, -0.25) is 9.69 Å². The maximum Gasteiger partial charge on any atom is 0.321 e. The number of carbonyl (C=O) groups is 1. The van der Waals surface area contributed by atoms with Gasteiger partial charge in [0.1, 0.15) is 6.04 Å². The quantitative estimate of drug-likeness (QED) is 0.926. The lowest BCUT2D eigenvalue weighted by Crippen LogP contribution is -2.46. The van der Waals surface area contributed by atoms with Crippen LogP contribution in [-0.2, 0) is 11.3 Å². The van der Waals surface area contributed by atoms with E-state index in [9.17, 15) is 9.90 Å². The van der Waals surface area contributed by atoms with Crippen molar-refractivity contribution in [3.63, 3.8) is 0 Å². The molecule has 1 aromatic carbocycles. The van der Waals surface area contributed by atoms with Crippen molar-refractivity contribution in [3.8, 4) is 6.07 Å². The Balaban J connectivity index is 2.15. The summed E-state index contributed by atoms with van der Waals surface area (Å²) in [6.45, 7) is 1.24. The maximum atomic E-state index is 11.2. The molecule has 4 nitrogen and oxygen atoms in total. The van der Waals surface area contributed by atoms with E-state index in [-0.39, 0.29) is 0 Å². The standard InChI is InChI=1S/C13H13ClN2O2S/c14-11-5-9(6-15)1-2-10(11)7-16-3-4-19-8-12(16)13(17)18/h1-2,5,12H,3-4,7-8H2,(H,17,18). The van der Waals surface area contributed by atoms with Gasteiger partial charge >= 0.3 is 5.97 Å². The average Bonchev–Trinajstić information content (AvgIpc) is 2.41. The molecule has 2 rings (SSSR count). The first kappa shape index (κ1) is 14.2. The maximum absolute atomic E-state index is 11.2. The largest absolute Gasteiger partial charge is 0.480 e. The van der Waals surface area contributed by atoms with Gasteiger partial charge in [0, 0.05) is 29.6 Å². The Bertz CT molecular complexity index is 530. The van der Waals surface area contributed by atoms with Crippen LogP contribution in [0.3, 0.4) is 0 Å². The lowest BCUT2D eigenvalue weighted by Gasteiger charge is -2.32. The fourth-order valence-corrected chi connectivity index (χ4v) is 3.37. The summed E-state index contributed by atoms with van der Waals surface area (Å²) in [6.07, 6.45) is 0. The van der Waals surface area contributed by atoms with Gasteiger partial charge in [-0.1, -0.05) is 17.7 Å². The predicted octanol–water partition coefficient (Wildman–Crippen LogP) is 2.21. The van der Waals surface area contributed by atoms with Crippen molar-refractivity contribution in [1.29, 1.82) is 5.26 Å². The van der Waals surface area contributed by atoms with Crippen molar-refractivity contribution in [3.05, 3.63) is 34.3 Å². The number of nitrogens with zero attached hydrogens (tertiary/aromatic N) is 2. The van der Waals surface area contributed by atoms with Crippen LogP contribution in [0.5, 0.6) is 0 Å². The van der Waals surface area contributed by atoms with Crippen LogP contribution in [0.1, 0.15) is 11.1 Å². The Morgan fingerprint density at radius 1 is 1.63 bits per heavy atom. The second-order valence-electron chi connectivity index (χ2n) is 4.32. The first-order chi connectivity index (χ1) is 9.11. The Morgan fingerprint density at radius 3 is 3.05 bits per heavy atom. The molecule has 0 radical (unpaired) electrons. The third kappa shape index (κ3) is 3.41. The summed E-state index contributed by atoms with van der Waals surface area (Å²) in [6, 6.07) is 6.68. The van der Waals surface area contributed by atoms with Crippen molar-refractivity contribution in [1.82, 2.24) is 4.90 Å². The van der Waals surface area contributed by atoms with Crippen LogP contribution in [0.2, 0.25) is 5.02 Å². The van der Waals surface area contributed by atoms with Gasteiger partial charge in [0.15, 0.2) is 0 Å². The van der Waals surface area contributed by atoms with Gasteiger partial charge in [0.05, 0.1) is 11.6 Å². The lowest BCUT2D eigenvalue weighted by molar-refractivity contribution is -0.142. The van der Waals surface area contributed by atoms with Crippen molar-refractivity contribution < 1.29 is 9.90 Å². The predicted molar refractivity (Wildman–Crippen MR) is 75.3 cm³/mol. The van der Waals surface area contributed by atoms with E-state index in [4.69, 9.17) is 16.9 Å². The molecule has 1 unspecified atom stereocenters. The molecule has 1 aliphatic heterocycles. The van der Waals surface area contributed by atoms with Crippen LogP contribution in [-0.4, -0.2) is 40.1 Å². The highest BCUT2D eigenvalue weighted by Gasteiger charge is 2.29. The number of nitriles is 1. The molecule has 100 valence electrons. The Morgan fingerprint density at radius 2 is 2.42 bits per heavy atom. The van der Waals surface area contributed by atoms with Gasteiger partial charge in [-0.15, -0.1) is 0 Å². The number of carboxylic acid groups (broad SMARTS) is 1. The molecular formula is C13H13ClN2O2S. The minimum Gasteiger partial charge on any atom is -0.480 e. The highest BCUT2D eigenvalue weighted by molar-refractivity contribution is 7.99. The topological polar surface area (TPSA) is 64.3 Å². The average molecular weight is 297 g/mol. The number of rotatable bonds is 3. The highest BCUT2D eigenvalue weighted by atomic mass is 35.5. The van der Waals surface area contributed by atoms with Gasteiger partial charge in [-0.2, -0.15) is 17.0 Å². The van der Waals surface area contributed by atoms with Gasteiger partial charge in [0.2, 0.25) is 0 Å². The van der Waals surface area contributed by atoms with Gasteiger partial charge in [0.25, 0.3) is 0 Å². The molecule has 0 amide bonds. The molecule has 1 N–H and O–H groups in total. The fourth-order valence-electron chi connectivity index (χ4n) is 2.02. The van der Waals surface area contributed by atoms with Crippen LogP contribution in [0, 0.1) is 11.3 Å². The summed E-state index contributed by atoms with van der Waals surface area (Å²) in [4.78, 5) is 13.1. The van der Waals surface area contributed by atoms with Gasteiger partial charge in [-0.05, 0) is 17.7 Å². The van der Waals surface area contributed by atoms with E-state index in [0.29, 0.717) is 22.9 Å². The molecular weight excluding hydrogens is 284 g/mol. The van der Waals surface area contributed by atoms with Gasteiger partial charge in [-0.25, -0.2) is 0 Å². The van der Waals surface area contributed by atoms with Crippen molar-refractivity contribution >= 4 is 29.3 Å². The summed E-state index contributed by atoms with van der Waals surface area (Å²) in [5.74, 6) is 0.734. The lowest BCUT2D eigenvalue weighted by atomic mass is 10.1. The molecule has 19 heavy (non-hydrogen) atoms. The first-order valence-corrected chi connectivity index (χ1v) is 7.38. The third-order valence-corrected chi connectivity index (χ3v) is 4.45. The molecule has 0 bridgehead atoms. The summed E-state index contributed by atoms with van der Waals surface area (Å²) in [5.41, 5.74) is 1.37. The zero-order chi connectivity index (χ0) is 13.8. The molecule has 0 spiro atoms. The zero-order valence-corrected chi connectivity index (χ0v) is 11.7. The number of thioether (sulfide) groups is 1. The van der Waals surface area contributed by atoms with Crippen molar-refractivity contribution in [2.75, 3.05) is 18.1 Å². The Labute approximate surface area is 121 Å². The summed E-state index contributed by atoms with van der Waals surface area (Å²) in [7, 11) is 0. The summed E-state index contributed by atoms with van der Waals surface area (Å²) < 4.78 is 0. The molecule has 0 aromatic heterocycles. The Kier molecular flexibility index (Phi) is 4.70. The van der Waals surface area contributed by atoms with Gasteiger partial charge < -0.3 is 5.11 Å². The van der Waals surface area contributed by atoms with Crippen LogP contribution >= 0.6 is 23.4 Å². The second kappa shape index (κ2) is 6.29. The van der Waals surface area contributed by atoms with E-state index < -0.39 is 12.0 Å². The zero-order valence-electron chi connectivity index (χ0n) is 10.2. The van der Waals surface area contributed by atoms with Crippen molar-refractivity contribution in [2.24, 2.45) is 0 Å². The van der Waals surface area contributed by atoms with Crippen LogP contribution < -0.4 is 0 Å². The molecule has 1 fully saturated rings. The molecule has 1 aliphatic rings. The van der Waals surface area contributed by atoms with Crippen molar-refractivity contribution in [2.45, 2.75) is 12.6 Å². The second-order valence-corrected chi connectivity index (χ2v) is 5.87. The fraction of sp³-hybridized carbons (Fsp3) is 0.385. The smallest absolute Gasteiger partial charge is 0.321 e. The molecule has 1 atom stereocenters. The molecule has 6 heteroatoms. The first-order valence-electron chi connectivity index (χ1n) is 5.85. The third-order valence-electron chi connectivity index (χ3n) is 3.08. The number of hydrogen-bond acceptors (Lipinski definition) is 4. The van der Waals surface area contributed by atoms with E-state index in [2.05, 4.69) is 0 Å². The SMILES string of the molecule is N#Cc1ccc(CN2CCSCC2C(=O)O)c(Cl)c1. The van der Waals surface area contributed by atoms with Crippen LogP contribution in [0.15, 0.2) is 18.2 Å². The number of halogens is 1. The molecule has 1 saturated heterocycles. The van der Waals surface area contributed by atoms with E-state index >= 15 is 0 Å². The number of hydrogen-bond donors (Lipinski definition) is 1. The van der Waals surface area contributed by atoms with E-state index in [1.165, 1.54) is 0 Å².